The van der Waals surface area contributed by atoms with Crippen LogP contribution in [-0.4, -0.2) is 61.9 Å². The van der Waals surface area contributed by atoms with Crippen LogP contribution in [0.3, 0.4) is 0 Å². The molecular formula is C10H20N2O3. The predicted molar refractivity (Wildman–Crippen MR) is 56.2 cm³/mol. The summed E-state index contributed by atoms with van der Waals surface area (Å²) in [5, 5.41) is 1.21. The summed E-state index contributed by atoms with van der Waals surface area (Å²) >= 11 is 0. The monoisotopic (exact) mass is 216 g/mol. The van der Waals surface area contributed by atoms with E-state index in [1.165, 1.54) is 12.2 Å². The Morgan fingerprint density at radius 1 is 1.60 bits per heavy atom. The summed E-state index contributed by atoms with van der Waals surface area (Å²) in [7, 11) is 5.04. The fourth-order valence-electron chi connectivity index (χ4n) is 1.88. The van der Waals surface area contributed by atoms with Gasteiger partial charge in [-0.25, -0.2) is 5.06 Å². The van der Waals surface area contributed by atoms with Gasteiger partial charge in [-0.15, -0.1) is 0 Å². The van der Waals surface area contributed by atoms with Gasteiger partial charge in [-0.2, -0.15) is 0 Å². The third-order valence-electron chi connectivity index (χ3n) is 2.45. The fraction of sp³-hybridized carbons (Fsp3) is 0.900. The van der Waals surface area contributed by atoms with E-state index in [0.717, 1.165) is 6.54 Å². The summed E-state index contributed by atoms with van der Waals surface area (Å²) < 4.78 is 5.72. The van der Waals surface area contributed by atoms with E-state index in [4.69, 9.17) is 9.57 Å². The molecule has 1 rings (SSSR count). The largest absolute Gasteiger partial charge is 0.360 e. The maximum Gasteiger partial charge on any atom is 0.276 e. The van der Waals surface area contributed by atoms with E-state index in [0.29, 0.717) is 6.54 Å². The summed E-state index contributed by atoms with van der Waals surface area (Å²) in [6.45, 7) is 5.40. The number of carbonyl (C=O) groups is 1. The van der Waals surface area contributed by atoms with E-state index < -0.39 is 6.10 Å². The molecule has 1 saturated heterocycles. The Bertz CT molecular complexity index is 243. The predicted octanol–water partition coefficient (Wildman–Crippen LogP) is 0.115. The Hall–Kier alpha value is -0.650. The number of morpholine rings is 1. The van der Waals surface area contributed by atoms with Crippen molar-refractivity contribution in [2.45, 2.75) is 25.6 Å². The van der Waals surface area contributed by atoms with Gasteiger partial charge in [0.1, 0.15) is 0 Å². The molecule has 0 aliphatic carbocycles. The van der Waals surface area contributed by atoms with Crippen molar-refractivity contribution in [1.29, 1.82) is 0 Å². The van der Waals surface area contributed by atoms with Crippen LogP contribution < -0.4 is 0 Å². The number of nitrogens with zero attached hydrogens (tertiary/aromatic N) is 2. The molecule has 1 amide bonds. The number of carbonyl (C=O) groups excluding carboxylic acids is 1. The Balaban J connectivity index is 2.66. The van der Waals surface area contributed by atoms with Crippen LogP contribution in [0.2, 0.25) is 0 Å². The van der Waals surface area contributed by atoms with Gasteiger partial charge in [0, 0.05) is 20.1 Å². The lowest BCUT2D eigenvalue weighted by molar-refractivity contribution is -0.199. The molecule has 88 valence electrons. The lowest BCUT2D eigenvalue weighted by Crippen LogP contribution is -2.56. The second kappa shape index (κ2) is 4.47. The maximum atomic E-state index is 11.8. The van der Waals surface area contributed by atoms with Crippen molar-refractivity contribution < 1.29 is 14.4 Å². The van der Waals surface area contributed by atoms with Gasteiger partial charge in [0.05, 0.1) is 12.7 Å². The molecule has 0 N–H and O–H groups in total. The summed E-state index contributed by atoms with van der Waals surface area (Å²) in [5.74, 6) is -0.142. The highest BCUT2D eigenvalue weighted by Gasteiger charge is 2.36. The maximum absolute atomic E-state index is 11.8. The molecule has 0 bridgehead atoms. The first-order chi connectivity index (χ1) is 6.85. The first-order valence-corrected chi connectivity index (χ1v) is 5.04. The Morgan fingerprint density at radius 3 is 2.67 bits per heavy atom. The van der Waals surface area contributed by atoms with E-state index >= 15 is 0 Å². The van der Waals surface area contributed by atoms with Crippen LogP contribution in [0, 0.1) is 0 Å². The van der Waals surface area contributed by atoms with Crippen LogP contribution >= 0.6 is 0 Å². The van der Waals surface area contributed by atoms with Crippen LogP contribution in [-0.2, 0) is 14.4 Å². The number of hydroxylamine groups is 2. The number of rotatable bonds is 2. The number of hydrogen-bond acceptors (Lipinski definition) is 4. The van der Waals surface area contributed by atoms with Gasteiger partial charge >= 0.3 is 0 Å². The van der Waals surface area contributed by atoms with Crippen LogP contribution in [0.1, 0.15) is 13.8 Å². The second-order valence-corrected chi connectivity index (χ2v) is 4.58. The molecule has 1 aliphatic heterocycles. The molecule has 1 aliphatic rings. The van der Waals surface area contributed by atoms with Crippen molar-refractivity contribution in [3.05, 3.63) is 0 Å². The van der Waals surface area contributed by atoms with Crippen LogP contribution in [0.4, 0.5) is 0 Å². The van der Waals surface area contributed by atoms with Gasteiger partial charge in [-0.3, -0.25) is 9.63 Å². The highest BCUT2D eigenvalue weighted by atomic mass is 16.7. The normalized spacial score (nSPS) is 26.3. The molecule has 1 atom stereocenters. The molecule has 1 unspecified atom stereocenters. The van der Waals surface area contributed by atoms with Gasteiger partial charge in [0.15, 0.2) is 6.10 Å². The Kier molecular flexibility index (Phi) is 3.70. The zero-order chi connectivity index (χ0) is 11.6. The third kappa shape index (κ3) is 3.15. The molecular weight excluding hydrogens is 196 g/mol. The van der Waals surface area contributed by atoms with Crippen molar-refractivity contribution >= 4 is 5.91 Å². The summed E-state index contributed by atoms with van der Waals surface area (Å²) in [6.07, 6.45) is -0.441. The molecule has 1 heterocycles. The van der Waals surface area contributed by atoms with Gasteiger partial charge in [-0.05, 0) is 20.9 Å². The Labute approximate surface area is 90.9 Å². The minimum atomic E-state index is -0.441. The molecule has 0 saturated carbocycles. The SMILES string of the molecule is CON(C)C(=O)C1CN(C)CC(C)(C)O1. The molecule has 1 fully saturated rings. The van der Waals surface area contributed by atoms with Crippen molar-refractivity contribution in [1.82, 2.24) is 9.96 Å². The first-order valence-electron chi connectivity index (χ1n) is 5.04. The van der Waals surface area contributed by atoms with Gasteiger partial charge < -0.3 is 9.64 Å². The molecule has 0 aromatic heterocycles. The van der Waals surface area contributed by atoms with Crippen molar-refractivity contribution in [3.63, 3.8) is 0 Å². The summed E-state index contributed by atoms with van der Waals surface area (Å²) in [4.78, 5) is 18.8. The molecule has 0 aromatic rings. The molecule has 15 heavy (non-hydrogen) atoms. The average molecular weight is 216 g/mol. The third-order valence-corrected chi connectivity index (χ3v) is 2.45. The van der Waals surface area contributed by atoms with Crippen molar-refractivity contribution in [2.24, 2.45) is 0 Å². The number of amides is 1. The highest BCUT2D eigenvalue weighted by molar-refractivity contribution is 5.80. The smallest absolute Gasteiger partial charge is 0.276 e. The molecule has 0 aromatic carbocycles. The van der Waals surface area contributed by atoms with E-state index in [2.05, 4.69) is 4.90 Å². The zero-order valence-electron chi connectivity index (χ0n) is 10.1. The Morgan fingerprint density at radius 2 is 2.20 bits per heavy atom. The minimum absolute atomic E-state index is 0.142. The number of hydrogen-bond donors (Lipinski definition) is 0. The van der Waals surface area contributed by atoms with Gasteiger partial charge in [-0.1, -0.05) is 0 Å². The van der Waals surface area contributed by atoms with Gasteiger partial charge in [0.2, 0.25) is 0 Å². The number of likely N-dealkylation sites (N-methyl/N-ethyl adjacent to an activating group) is 2. The summed E-state index contributed by atoms with van der Waals surface area (Å²) in [5.41, 5.74) is -0.290. The molecule has 0 radical (unpaired) electrons. The van der Waals surface area contributed by atoms with E-state index in [-0.39, 0.29) is 11.5 Å². The van der Waals surface area contributed by atoms with Gasteiger partial charge in [0.25, 0.3) is 5.91 Å². The lowest BCUT2D eigenvalue weighted by atomic mass is 10.1. The van der Waals surface area contributed by atoms with E-state index in [9.17, 15) is 4.79 Å². The number of ether oxygens (including phenoxy) is 1. The molecule has 5 heteroatoms. The second-order valence-electron chi connectivity index (χ2n) is 4.58. The van der Waals surface area contributed by atoms with Crippen LogP contribution in [0.25, 0.3) is 0 Å². The topological polar surface area (TPSA) is 42.0 Å². The average Bonchev–Trinajstić information content (AvgIpc) is 2.12. The molecule has 0 spiro atoms. The highest BCUT2D eigenvalue weighted by Crippen LogP contribution is 2.20. The summed E-state index contributed by atoms with van der Waals surface area (Å²) in [6, 6.07) is 0. The standard InChI is InChI=1S/C10H20N2O3/c1-10(2)7-11(3)6-8(15-10)9(13)12(4)14-5/h8H,6-7H2,1-5H3. The molecule has 5 nitrogen and oxygen atoms in total. The van der Waals surface area contributed by atoms with E-state index in [1.54, 1.807) is 7.05 Å². The minimum Gasteiger partial charge on any atom is -0.360 e. The van der Waals surface area contributed by atoms with Crippen LogP contribution in [0.15, 0.2) is 0 Å². The first kappa shape index (κ1) is 12.4. The fourth-order valence-corrected chi connectivity index (χ4v) is 1.88. The van der Waals surface area contributed by atoms with Crippen molar-refractivity contribution in [2.75, 3.05) is 34.3 Å². The van der Waals surface area contributed by atoms with E-state index in [1.807, 2.05) is 20.9 Å². The van der Waals surface area contributed by atoms with Crippen molar-refractivity contribution in [3.8, 4) is 0 Å². The quantitative estimate of drug-likeness (QED) is 0.615. The lowest BCUT2D eigenvalue weighted by Gasteiger charge is -2.41. The zero-order valence-corrected chi connectivity index (χ0v) is 10.1. The van der Waals surface area contributed by atoms with Crippen LogP contribution in [0.5, 0.6) is 0 Å².